The third kappa shape index (κ3) is 5.30. The molecule has 1 N–H and O–H groups in total. The molecule has 0 aromatic heterocycles. The lowest BCUT2D eigenvalue weighted by atomic mass is 10.1. The number of amides is 1. The largest absolute Gasteiger partial charge is 0.494 e. The number of benzene rings is 2. The van der Waals surface area contributed by atoms with E-state index in [1.807, 2.05) is 55.5 Å². The second kappa shape index (κ2) is 8.96. The topological polar surface area (TPSA) is 47.6 Å². The first-order valence-electron chi connectivity index (χ1n) is 8.41. The smallest absolute Gasteiger partial charge is 0.265 e. The van der Waals surface area contributed by atoms with Gasteiger partial charge in [0, 0.05) is 5.69 Å². The Labute approximate surface area is 143 Å². The van der Waals surface area contributed by atoms with Gasteiger partial charge < -0.3 is 14.8 Å². The van der Waals surface area contributed by atoms with Crippen LogP contribution in [0.3, 0.4) is 0 Å². The number of nitrogens with one attached hydrogen (secondary N) is 1. The molecular weight excluding hydrogens is 302 g/mol. The van der Waals surface area contributed by atoms with Crippen LogP contribution in [0.1, 0.15) is 32.8 Å². The van der Waals surface area contributed by atoms with Crippen molar-refractivity contribution in [3.63, 3.8) is 0 Å². The van der Waals surface area contributed by atoms with Gasteiger partial charge in [0.1, 0.15) is 11.5 Å². The third-order valence-corrected chi connectivity index (χ3v) is 3.58. The van der Waals surface area contributed by atoms with Crippen LogP contribution in [0.2, 0.25) is 0 Å². The highest BCUT2D eigenvalue weighted by molar-refractivity contribution is 5.94. The van der Waals surface area contributed by atoms with E-state index in [1.54, 1.807) is 6.92 Å². The van der Waals surface area contributed by atoms with Gasteiger partial charge in [-0.2, -0.15) is 0 Å². The van der Waals surface area contributed by atoms with Gasteiger partial charge in [-0.25, -0.2) is 0 Å². The van der Waals surface area contributed by atoms with Crippen molar-refractivity contribution in [2.24, 2.45) is 0 Å². The van der Waals surface area contributed by atoms with Gasteiger partial charge in [-0.3, -0.25) is 4.79 Å². The molecule has 0 aliphatic rings. The van der Waals surface area contributed by atoms with Gasteiger partial charge in [0.05, 0.1) is 6.61 Å². The molecule has 0 radical (unpaired) electrons. The molecule has 0 heterocycles. The van der Waals surface area contributed by atoms with E-state index in [0.29, 0.717) is 12.4 Å². The van der Waals surface area contributed by atoms with Crippen molar-refractivity contribution in [1.29, 1.82) is 0 Å². The number of ether oxygens (including phenoxy) is 2. The van der Waals surface area contributed by atoms with E-state index >= 15 is 0 Å². The summed E-state index contributed by atoms with van der Waals surface area (Å²) in [6.07, 6.45) is 1.59. The first-order valence-corrected chi connectivity index (χ1v) is 8.41. The Balaban J connectivity index is 1.89. The minimum atomic E-state index is -0.575. The predicted molar refractivity (Wildman–Crippen MR) is 96.8 cm³/mol. The molecule has 0 saturated heterocycles. The van der Waals surface area contributed by atoms with Crippen molar-refractivity contribution in [3.05, 3.63) is 54.1 Å². The molecule has 1 unspecified atom stereocenters. The summed E-state index contributed by atoms with van der Waals surface area (Å²) in [5.41, 5.74) is 1.99. The molecule has 0 bridgehead atoms. The summed E-state index contributed by atoms with van der Waals surface area (Å²) >= 11 is 0. The van der Waals surface area contributed by atoms with Crippen LogP contribution in [0, 0.1) is 0 Å². The van der Waals surface area contributed by atoms with E-state index in [0.717, 1.165) is 24.3 Å². The van der Waals surface area contributed by atoms with Crippen molar-refractivity contribution in [2.75, 3.05) is 11.9 Å². The van der Waals surface area contributed by atoms with Crippen molar-refractivity contribution in [1.82, 2.24) is 0 Å². The first-order chi connectivity index (χ1) is 11.6. The van der Waals surface area contributed by atoms with Gasteiger partial charge in [-0.15, -0.1) is 0 Å². The maximum atomic E-state index is 12.2. The molecule has 0 saturated carbocycles. The standard InChI is InChI=1S/C20H25NO3/c1-4-6-16-7-11-19(12-8-16)24-15(3)20(22)21-17-9-13-18(14-10-17)23-5-2/h7-15H,4-6H2,1-3H3,(H,21,22). The van der Waals surface area contributed by atoms with Crippen molar-refractivity contribution in [3.8, 4) is 11.5 Å². The fourth-order valence-electron chi connectivity index (χ4n) is 2.33. The van der Waals surface area contributed by atoms with Gasteiger partial charge in [0.15, 0.2) is 6.10 Å². The Morgan fingerprint density at radius 2 is 1.62 bits per heavy atom. The summed E-state index contributed by atoms with van der Waals surface area (Å²) < 4.78 is 11.1. The maximum absolute atomic E-state index is 12.2. The van der Waals surface area contributed by atoms with Crippen LogP contribution in [0.25, 0.3) is 0 Å². The van der Waals surface area contributed by atoms with Gasteiger partial charge in [-0.1, -0.05) is 25.5 Å². The number of hydrogen-bond donors (Lipinski definition) is 1. The number of carbonyl (C=O) groups is 1. The zero-order valence-corrected chi connectivity index (χ0v) is 14.5. The van der Waals surface area contributed by atoms with E-state index in [-0.39, 0.29) is 5.91 Å². The molecule has 0 spiro atoms. The van der Waals surface area contributed by atoms with Crippen molar-refractivity contribution in [2.45, 2.75) is 39.7 Å². The van der Waals surface area contributed by atoms with Gasteiger partial charge in [-0.05, 0) is 62.2 Å². The zero-order valence-electron chi connectivity index (χ0n) is 14.5. The number of rotatable bonds is 8. The fraction of sp³-hybridized carbons (Fsp3) is 0.350. The van der Waals surface area contributed by atoms with E-state index in [1.165, 1.54) is 5.56 Å². The predicted octanol–water partition coefficient (Wildman–Crippen LogP) is 4.44. The van der Waals surface area contributed by atoms with E-state index in [9.17, 15) is 4.79 Å². The monoisotopic (exact) mass is 327 g/mol. The summed E-state index contributed by atoms with van der Waals surface area (Å²) in [7, 11) is 0. The molecule has 0 aliphatic heterocycles. The molecule has 1 atom stereocenters. The highest BCUT2D eigenvalue weighted by Gasteiger charge is 2.15. The Morgan fingerprint density at radius 3 is 2.21 bits per heavy atom. The molecule has 24 heavy (non-hydrogen) atoms. The van der Waals surface area contributed by atoms with E-state index in [2.05, 4.69) is 12.2 Å². The second-order valence-corrected chi connectivity index (χ2v) is 5.60. The van der Waals surface area contributed by atoms with Crippen LogP contribution in [0.4, 0.5) is 5.69 Å². The van der Waals surface area contributed by atoms with E-state index < -0.39 is 6.10 Å². The Morgan fingerprint density at radius 1 is 1.00 bits per heavy atom. The van der Waals surface area contributed by atoms with Gasteiger partial charge in [0.2, 0.25) is 0 Å². The van der Waals surface area contributed by atoms with Crippen LogP contribution >= 0.6 is 0 Å². The highest BCUT2D eigenvalue weighted by Crippen LogP contribution is 2.18. The fourth-order valence-corrected chi connectivity index (χ4v) is 2.33. The molecule has 4 nitrogen and oxygen atoms in total. The molecule has 0 fully saturated rings. The lowest BCUT2D eigenvalue weighted by molar-refractivity contribution is -0.122. The Kier molecular flexibility index (Phi) is 6.67. The van der Waals surface area contributed by atoms with Crippen molar-refractivity contribution < 1.29 is 14.3 Å². The van der Waals surface area contributed by atoms with Crippen LogP contribution in [-0.2, 0) is 11.2 Å². The lowest BCUT2D eigenvalue weighted by Crippen LogP contribution is -2.30. The molecule has 128 valence electrons. The minimum absolute atomic E-state index is 0.184. The summed E-state index contributed by atoms with van der Waals surface area (Å²) in [5.74, 6) is 1.30. The molecule has 4 heteroatoms. The molecule has 1 amide bonds. The Hall–Kier alpha value is -2.49. The third-order valence-electron chi connectivity index (χ3n) is 3.58. The SMILES string of the molecule is CCCc1ccc(OC(C)C(=O)Nc2ccc(OCC)cc2)cc1. The average Bonchev–Trinajstić information content (AvgIpc) is 2.59. The van der Waals surface area contributed by atoms with E-state index in [4.69, 9.17) is 9.47 Å². The van der Waals surface area contributed by atoms with Crippen LogP contribution in [-0.4, -0.2) is 18.6 Å². The highest BCUT2D eigenvalue weighted by atomic mass is 16.5. The lowest BCUT2D eigenvalue weighted by Gasteiger charge is -2.15. The second-order valence-electron chi connectivity index (χ2n) is 5.60. The van der Waals surface area contributed by atoms with Gasteiger partial charge >= 0.3 is 0 Å². The number of carbonyl (C=O) groups excluding carboxylic acids is 1. The summed E-state index contributed by atoms with van der Waals surface area (Å²) in [6, 6.07) is 15.2. The number of anilines is 1. The number of aryl methyl sites for hydroxylation is 1. The molecule has 0 aliphatic carbocycles. The molecule has 2 aromatic carbocycles. The normalized spacial score (nSPS) is 11.6. The molecular formula is C20H25NO3. The minimum Gasteiger partial charge on any atom is -0.494 e. The van der Waals surface area contributed by atoms with Crippen LogP contribution in [0.15, 0.2) is 48.5 Å². The van der Waals surface area contributed by atoms with Crippen molar-refractivity contribution >= 4 is 11.6 Å². The maximum Gasteiger partial charge on any atom is 0.265 e. The summed E-state index contributed by atoms with van der Waals surface area (Å²) in [6.45, 7) is 6.44. The quantitative estimate of drug-likeness (QED) is 0.779. The van der Waals surface area contributed by atoms with Crippen LogP contribution in [0.5, 0.6) is 11.5 Å². The molecule has 2 aromatic rings. The average molecular weight is 327 g/mol. The van der Waals surface area contributed by atoms with Gasteiger partial charge in [0.25, 0.3) is 5.91 Å². The van der Waals surface area contributed by atoms with Crippen LogP contribution < -0.4 is 14.8 Å². The summed E-state index contributed by atoms with van der Waals surface area (Å²) in [5, 5.41) is 2.84. The summed E-state index contributed by atoms with van der Waals surface area (Å²) in [4.78, 5) is 12.2. The first kappa shape index (κ1) is 17.9. The Bertz CT molecular complexity index is 635. The number of hydrogen-bond acceptors (Lipinski definition) is 3. The molecule has 2 rings (SSSR count). The zero-order chi connectivity index (χ0) is 17.4.